The number of aromatic nitrogens is 2. The van der Waals surface area contributed by atoms with E-state index in [9.17, 15) is 4.39 Å². The molecule has 0 radical (unpaired) electrons. The van der Waals surface area contributed by atoms with E-state index in [4.69, 9.17) is 11.6 Å². The molecule has 0 aliphatic carbocycles. The Kier molecular flexibility index (Phi) is 3.15. The number of halogens is 2. The third kappa shape index (κ3) is 2.55. The van der Waals surface area contributed by atoms with Crippen LogP contribution in [0.15, 0.2) is 30.3 Å². The van der Waals surface area contributed by atoms with Crippen molar-refractivity contribution in [2.45, 2.75) is 13.3 Å². The molecule has 1 aromatic heterocycles. The van der Waals surface area contributed by atoms with Crippen molar-refractivity contribution in [3.63, 3.8) is 0 Å². The number of hydrogen-bond donors (Lipinski definition) is 0. The van der Waals surface area contributed by atoms with Crippen molar-refractivity contribution in [1.29, 1.82) is 0 Å². The predicted molar refractivity (Wildman–Crippen MR) is 61.0 cm³/mol. The van der Waals surface area contributed by atoms with Crippen molar-refractivity contribution in [3.8, 4) is 0 Å². The Morgan fingerprint density at radius 1 is 1.19 bits per heavy atom. The van der Waals surface area contributed by atoms with Gasteiger partial charge in [-0.1, -0.05) is 23.7 Å². The van der Waals surface area contributed by atoms with Gasteiger partial charge in [-0.05, 0) is 36.2 Å². The molecule has 0 fully saturated rings. The molecule has 0 aliphatic heterocycles. The standard InChI is InChI=1S/C12H10ClFN2/c1-8-6-11(15-16-12(8)13)7-9-2-4-10(14)5-3-9/h2-6H,7H2,1H3. The zero-order chi connectivity index (χ0) is 11.5. The average molecular weight is 237 g/mol. The molecule has 0 spiro atoms. The van der Waals surface area contributed by atoms with Gasteiger partial charge in [0.05, 0.1) is 5.69 Å². The smallest absolute Gasteiger partial charge is 0.154 e. The van der Waals surface area contributed by atoms with Gasteiger partial charge in [0.15, 0.2) is 5.15 Å². The van der Waals surface area contributed by atoms with Crippen molar-refractivity contribution in [3.05, 3.63) is 58.1 Å². The quantitative estimate of drug-likeness (QED) is 0.801. The number of aryl methyl sites for hydroxylation is 1. The highest BCUT2D eigenvalue weighted by Crippen LogP contribution is 2.13. The Balaban J connectivity index is 2.20. The van der Waals surface area contributed by atoms with E-state index < -0.39 is 0 Å². The van der Waals surface area contributed by atoms with Gasteiger partial charge in [0.1, 0.15) is 5.82 Å². The second kappa shape index (κ2) is 4.58. The van der Waals surface area contributed by atoms with Crippen molar-refractivity contribution in [1.82, 2.24) is 10.2 Å². The lowest BCUT2D eigenvalue weighted by molar-refractivity contribution is 0.627. The van der Waals surface area contributed by atoms with Crippen LogP contribution in [0.25, 0.3) is 0 Å². The summed E-state index contributed by atoms with van der Waals surface area (Å²) in [7, 11) is 0. The van der Waals surface area contributed by atoms with Crippen LogP contribution in [0.2, 0.25) is 5.15 Å². The largest absolute Gasteiger partial charge is 0.207 e. The monoisotopic (exact) mass is 236 g/mol. The lowest BCUT2D eigenvalue weighted by Gasteiger charge is -2.02. The summed E-state index contributed by atoms with van der Waals surface area (Å²) in [4.78, 5) is 0. The maximum atomic E-state index is 12.7. The molecule has 0 atom stereocenters. The molecule has 2 rings (SSSR count). The van der Waals surface area contributed by atoms with E-state index in [2.05, 4.69) is 10.2 Å². The number of rotatable bonds is 2. The van der Waals surface area contributed by atoms with Gasteiger partial charge in [0.25, 0.3) is 0 Å². The molecule has 1 heterocycles. The van der Waals surface area contributed by atoms with Gasteiger partial charge in [-0.3, -0.25) is 0 Å². The van der Waals surface area contributed by atoms with Gasteiger partial charge in [-0.15, -0.1) is 5.10 Å². The molecule has 2 nitrogen and oxygen atoms in total. The van der Waals surface area contributed by atoms with Crippen LogP contribution in [-0.2, 0) is 6.42 Å². The van der Waals surface area contributed by atoms with Gasteiger partial charge in [0.2, 0.25) is 0 Å². The normalized spacial score (nSPS) is 10.4. The molecular weight excluding hydrogens is 227 g/mol. The average Bonchev–Trinajstić information content (AvgIpc) is 2.27. The van der Waals surface area contributed by atoms with Crippen LogP contribution in [0.4, 0.5) is 4.39 Å². The summed E-state index contributed by atoms with van der Waals surface area (Å²) in [5.41, 5.74) is 2.72. The second-order valence-corrected chi connectivity index (χ2v) is 3.97. The Labute approximate surface area is 98.1 Å². The van der Waals surface area contributed by atoms with E-state index in [1.807, 2.05) is 13.0 Å². The van der Waals surface area contributed by atoms with Crippen LogP contribution < -0.4 is 0 Å². The maximum Gasteiger partial charge on any atom is 0.154 e. The maximum absolute atomic E-state index is 12.7. The number of nitrogens with zero attached hydrogens (tertiary/aromatic N) is 2. The highest BCUT2D eigenvalue weighted by molar-refractivity contribution is 6.30. The summed E-state index contributed by atoms with van der Waals surface area (Å²) in [6, 6.07) is 8.23. The first kappa shape index (κ1) is 11.0. The lowest BCUT2D eigenvalue weighted by Crippen LogP contribution is -1.96. The van der Waals surface area contributed by atoms with Crippen LogP contribution in [0.3, 0.4) is 0 Å². The first-order valence-corrected chi connectivity index (χ1v) is 5.26. The molecule has 0 N–H and O–H groups in total. The lowest BCUT2D eigenvalue weighted by atomic mass is 10.1. The van der Waals surface area contributed by atoms with Gasteiger partial charge >= 0.3 is 0 Å². The molecule has 82 valence electrons. The predicted octanol–water partition coefficient (Wildman–Crippen LogP) is 3.17. The Morgan fingerprint density at radius 3 is 2.50 bits per heavy atom. The third-order valence-electron chi connectivity index (χ3n) is 2.27. The molecule has 0 saturated carbocycles. The Morgan fingerprint density at radius 2 is 1.88 bits per heavy atom. The summed E-state index contributed by atoms with van der Waals surface area (Å²) < 4.78 is 12.7. The first-order valence-electron chi connectivity index (χ1n) is 4.88. The van der Waals surface area contributed by atoms with E-state index in [0.29, 0.717) is 11.6 Å². The fourth-order valence-electron chi connectivity index (χ4n) is 1.42. The molecule has 0 saturated heterocycles. The van der Waals surface area contributed by atoms with Gasteiger partial charge < -0.3 is 0 Å². The molecule has 2 aromatic rings. The summed E-state index contributed by atoms with van der Waals surface area (Å²) in [6.07, 6.45) is 0.630. The van der Waals surface area contributed by atoms with Crippen LogP contribution >= 0.6 is 11.6 Å². The fourth-order valence-corrected chi connectivity index (χ4v) is 1.52. The molecule has 0 unspecified atom stereocenters. The first-order chi connectivity index (χ1) is 7.65. The van der Waals surface area contributed by atoms with Gasteiger partial charge in [0, 0.05) is 6.42 Å². The van der Waals surface area contributed by atoms with Crippen molar-refractivity contribution in [2.24, 2.45) is 0 Å². The van der Waals surface area contributed by atoms with Crippen LogP contribution in [0.5, 0.6) is 0 Å². The van der Waals surface area contributed by atoms with Gasteiger partial charge in [-0.2, -0.15) is 5.10 Å². The minimum Gasteiger partial charge on any atom is -0.207 e. The molecule has 1 aromatic carbocycles. The molecular formula is C12H10ClFN2. The highest BCUT2D eigenvalue weighted by Gasteiger charge is 2.02. The summed E-state index contributed by atoms with van der Waals surface area (Å²) in [5.74, 6) is -0.234. The zero-order valence-electron chi connectivity index (χ0n) is 8.74. The topological polar surface area (TPSA) is 25.8 Å². The van der Waals surface area contributed by atoms with Crippen molar-refractivity contribution < 1.29 is 4.39 Å². The minimum atomic E-state index is -0.234. The zero-order valence-corrected chi connectivity index (χ0v) is 9.50. The molecule has 0 bridgehead atoms. The third-order valence-corrected chi connectivity index (χ3v) is 2.65. The van der Waals surface area contributed by atoms with Crippen molar-refractivity contribution in [2.75, 3.05) is 0 Å². The molecule has 4 heteroatoms. The second-order valence-electron chi connectivity index (χ2n) is 3.61. The van der Waals surface area contributed by atoms with Gasteiger partial charge in [-0.25, -0.2) is 4.39 Å². The van der Waals surface area contributed by atoms with E-state index in [0.717, 1.165) is 16.8 Å². The SMILES string of the molecule is Cc1cc(Cc2ccc(F)cc2)nnc1Cl. The van der Waals surface area contributed by atoms with Crippen LogP contribution in [0.1, 0.15) is 16.8 Å². The van der Waals surface area contributed by atoms with E-state index in [1.54, 1.807) is 12.1 Å². The number of benzene rings is 1. The molecule has 0 amide bonds. The van der Waals surface area contributed by atoms with E-state index in [1.165, 1.54) is 12.1 Å². The van der Waals surface area contributed by atoms with Crippen molar-refractivity contribution >= 4 is 11.6 Å². The summed E-state index contributed by atoms with van der Waals surface area (Å²) in [6.45, 7) is 1.88. The number of hydrogen-bond acceptors (Lipinski definition) is 2. The Hall–Kier alpha value is -1.48. The Bertz CT molecular complexity index is 497. The van der Waals surface area contributed by atoms with E-state index in [-0.39, 0.29) is 5.82 Å². The summed E-state index contributed by atoms with van der Waals surface area (Å²) in [5, 5.41) is 8.23. The highest BCUT2D eigenvalue weighted by atomic mass is 35.5. The molecule has 16 heavy (non-hydrogen) atoms. The van der Waals surface area contributed by atoms with E-state index >= 15 is 0 Å². The molecule has 0 aliphatic rings. The van der Waals surface area contributed by atoms with Crippen LogP contribution in [-0.4, -0.2) is 10.2 Å². The fraction of sp³-hybridized carbons (Fsp3) is 0.167. The minimum absolute atomic E-state index is 0.234. The summed E-state index contributed by atoms with van der Waals surface area (Å²) >= 11 is 5.78. The van der Waals surface area contributed by atoms with Crippen LogP contribution in [0, 0.1) is 12.7 Å².